The van der Waals surface area contributed by atoms with Gasteiger partial charge >= 0.3 is 5.69 Å². The Kier molecular flexibility index (Phi) is 5.59. The van der Waals surface area contributed by atoms with Gasteiger partial charge in [-0.2, -0.15) is 4.98 Å². The van der Waals surface area contributed by atoms with E-state index in [4.69, 9.17) is 5.84 Å². The fraction of sp³-hybridized carbons (Fsp3) is 0.636. The van der Waals surface area contributed by atoms with Gasteiger partial charge in [0, 0.05) is 6.04 Å². The van der Waals surface area contributed by atoms with E-state index in [0.29, 0.717) is 0 Å². The lowest BCUT2D eigenvalue weighted by Crippen LogP contribution is -2.24. The Morgan fingerprint density at radius 2 is 2.10 bits per heavy atom. The van der Waals surface area contributed by atoms with E-state index >= 15 is 0 Å². The van der Waals surface area contributed by atoms with Gasteiger partial charge in [0.15, 0.2) is 0 Å². The minimum Gasteiger partial charge on any atom is -0.362 e. The molecule has 1 unspecified atom stereocenters. The summed E-state index contributed by atoms with van der Waals surface area (Å²) in [6, 6.07) is 0.0380. The predicted molar refractivity (Wildman–Crippen MR) is 77.5 cm³/mol. The number of hydrogen-bond donors (Lipinski definition) is 3. The standard InChI is InChI=1S/C11H21N7O2/c1-7(5-6-17(3)4)13-10-9(18(19)20)8(2)14-11(15-10)16-12/h7H,5-6,12H2,1-4H3,(H2,13,14,15,16). The fourth-order valence-corrected chi connectivity index (χ4v) is 1.71. The van der Waals surface area contributed by atoms with Crippen molar-refractivity contribution in [2.24, 2.45) is 5.84 Å². The zero-order chi connectivity index (χ0) is 15.3. The van der Waals surface area contributed by atoms with E-state index in [1.54, 1.807) is 6.92 Å². The van der Waals surface area contributed by atoms with Crippen LogP contribution in [0.2, 0.25) is 0 Å². The number of aromatic nitrogens is 2. The van der Waals surface area contributed by atoms with E-state index in [1.807, 2.05) is 25.9 Å². The summed E-state index contributed by atoms with van der Waals surface area (Å²) < 4.78 is 0. The maximum atomic E-state index is 11.1. The van der Waals surface area contributed by atoms with E-state index in [0.717, 1.165) is 13.0 Å². The second kappa shape index (κ2) is 6.96. The van der Waals surface area contributed by atoms with Gasteiger partial charge in [0.2, 0.25) is 11.8 Å². The third-order valence-corrected chi connectivity index (χ3v) is 2.76. The Morgan fingerprint density at radius 3 is 2.60 bits per heavy atom. The molecule has 1 rings (SSSR count). The van der Waals surface area contributed by atoms with Gasteiger partial charge in [0.25, 0.3) is 0 Å². The van der Waals surface area contributed by atoms with Crippen molar-refractivity contribution < 1.29 is 4.92 Å². The van der Waals surface area contributed by atoms with Crippen molar-refractivity contribution in [3.05, 3.63) is 15.8 Å². The molecule has 112 valence electrons. The van der Waals surface area contributed by atoms with Crippen LogP contribution in [0.15, 0.2) is 0 Å². The number of nitrogen functional groups attached to an aromatic ring is 1. The number of hydrazine groups is 1. The van der Waals surface area contributed by atoms with Crippen LogP contribution in [-0.2, 0) is 0 Å². The lowest BCUT2D eigenvalue weighted by atomic mass is 10.2. The highest BCUT2D eigenvalue weighted by Gasteiger charge is 2.23. The lowest BCUT2D eigenvalue weighted by Gasteiger charge is -2.17. The molecule has 0 fully saturated rings. The van der Waals surface area contributed by atoms with Crippen molar-refractivity contribution in [1.82, 2.24) is 14.9 Å². The summed E-state index contributed by atoms with van der Waals surface area (Å²) in [6.45, 7) is 4.37. The van der Waals surface area contributed by atoms with Crippen LogP contribution >= 0.6 is 0 Å². The molecule has 0 saturated carbocycles. The molecule has 0 radical (unpaired) electrons. The SMILES string of the molecule is Cc1nc(NN)nc(NC(C)CCN(C)C)c1[N+](=O)[O-]. The lowest BCUT2D eigenvalue weighted by molar-refractivity contribution is -0.385. The zero-order valence-corrected chi connectivity index (χ0v) is 12.2. The number of aryl methyl sites for hydroxylation is 1. The number of nitrogens with zero attached hydrogens (tertiary/aromatic N) is 4. The summed E-state index contributed by atoms with van der Waals surface area (Å²) in [5.74, 6) is 5.59. The molecule has 0 spiro atoms. The molecule has 1 aromatic heterocycles. The molecule has 20 heavy (non-hydrogen) atoms. The molecular formula is C11H21N7O2. The summed E-state index contributed by atoms with van der Waals surface area (Å²) in [6.07, 6.45) is 0.832. The summed E-state index contributed by atoms with van der Waals surface area (Å²) in [5.41, 5.74) is 2.44. The van der Waals surface area contributed by atoms with Crippen molar-refractivity contribution in [3.63, 3.8) is 0 Å². The van der Waals surface area contributed by atoms with Crippen molar-refractivity contribution in [1.29, 1.82) is 0 Å². The summed E-state index contributed by atoms with van der Waals surface area (Å²) >= 11 is 0. The van der Waals surface area contributed by atoms with Gasteiger partial charge in [-0.3, -0.25) is 15.5 Å². The first-order valence-corrected chi connectivity index (χ1v) is 6.26. The summed E-state index contributed by atoms with van der Waals surface area (Å²) in [4.78, 5) is 20.6. The van der Waals surface area contributed by atoms with Crippen LogP contribution in [0.25, 0.3) is 0 Å². The first-order chi connectivity index (χ1) is 9.35. The van der Waals surface area contributed by atoms with Crippen LogP contribution in [0.4, 0.5) is 17.5 Å². The highest BCUT2D eigenvalue weighted by atomic mass is 16.6. The molecule has 1 heterocycles. The summed E-state index contributed by atoms with van der Waals surface area (Å²) in [7, 11) is 3.95. The molecule has 1 atom stereocenters. The molecule has 9 nitrogen and oxygen atoms in total. The van der Waals surface area contributed by atoms with E-state index in [9.17, 15) is 10.1 Å². The topological polar surface area (TPSA) is 122 Å². The van der Waals surface area contributed by atoms with E-state index in [2.05, 4.69) is 20.7 Å². The molecule has 0 aliphatic heterocycles. The second-order valence-corrected chi connectivity index (χ2v) is 4.87. The van der Waals surface area contributed by atoms with E-state index in [-0.39, 0.29) is 29.2 Å². The predicted octanol–water partition coefficient (Wildman–Crippen LogP) is 0.731. The second-order valence-electron chi connectivity index (χ2n) is 4.87. The van der Waals surface area contributed by atoms with Gasteiger partial charge in [-0.1, -0.05) is 0 Å². The Morgan fingerprint density at radius 1 is 1.45 bits per heavy atom. The molecule has 1 aromatic rings. The maximum Gasteiger partial charge on any atom is 0.332 e. The van der Waals surface area contributed by atoms with Crippen LogP contribution in [0.5, 0.6) is 0 Å². The third-order valence-electron chi connectivity index (χ3n) is 2.76. The van der Waals surface area contributed by atoms with Gasteiger partial charge in [-0.15, -0.1) is 0 Å². The Bertz CT molecular complexity index is 478. The minimum absolute atomic E-state index is 0.0380. The van der Waals surface area contributed by atoms with E-state index < -0.39 is 4.92 Å². The van der Waals surface area contributed by atoms with Crippen LogP contribution in [0, 0.1) is 17.0 Å². The van der Waals surface area contributed by atoms with Gasteiger partial charge < -0.3 is 10.2 Å². The average molecular weight is 283 g/mol. The third kappa shape index (κ3) is 4.28. The van der Waals surface area contributed by atoms with Gasteiger partial charge in [0.05, 0.1) is 4.92 Å². The monoisotopic (exact) mass is 283 g/mol. The zero-order valence-electron chi connectivity index (χ0n) is 12.2. The van der Waals surface area contributed by atoms with Crippen LogP contribution < -0.4 is 16.6 Å². The molecule has 0 saturated heterocycles. The van der Waals surface area contributed by atoms with Crippen LogP contribution in [0.1, 0.15) is 19.0 Å². The molecule has 0 aromatic carbocycles. The molecule has 9 heteroatoms. The molecule has 0 amide bonds. The largest absolute Gasteiger partial charge is 0.362 e. The van der Waals surface area contributed by atoms with Gasteiger partial charge in [-0.25, -0.2) is 10.8 Å². The maximum absolute atomic E-state index is 11.1. The molecule has 4 N–H and O–H groups in total. The van der Waals surface area contributed by atoms with Crippen molar-refractivity contribution in [2.45, 2.75) is 26.3 Å². The Labute approximate surface area is 117 Å². The molecule has 0 aliphatic rings. The van der Waals surface area contributed by atoms with Gasteiger partial charge in [-0.05, 0) is 40.9 Å². The van der Waals surface area contributed by atoms with Crippen molar-refractivity contribution >= 4 is 17.5 Å². The van der Waals surface area contributed by atoms with Gasteiger partial charge in [0.1, 0.15) is 5.69 Å². The first kappa shape index (κ1) is 16.1. The normalized spacial score (nSPS) is 12.3. The number of nitro groups is 1. The minimum atomic E-state index is -0.489. The first-order valence-electron chi connectivity index (χ1n) is 6.26. The fourth-order valence-electron chi connectivity index (χ4n) is 1.71. The highest BCUT2D eigenvalue weighted by Crippen LogP contribution is 2.27. The van der Waals surface area contributed by atoms with Crippen LogP contribution in [-0.4, -0.2) is 46.5 Å². The van der Waals surface area contributed by atoms with Crippen LogP contribution in [0.3, 0.4) is 0 Å². The molecule has 0 aliphatic carbocycles. The number of hydrogen-bond acceptors (Lipinski definition) is 8. The number of nitrogens with two attached hydrogens (primary N) is 1. The number of anilines is 2. The average Bonchev–Trinajstić information content (AvgIpc) is 2.35. The highest BCUT2D eigenvalue weighted by molar-refractivity contribution is 5.61. The smallest absolute Gasteiger partial charge is 0.332 e. The van der Waals surface area contributed by atoms with E-state index in [1.165, 1.54) is 0 Å². The van der Waals surface area contributed by atoms with Crippen molar-refractivity contribution in [2.75, 3.05) is 31.4 Å². The quantitative estimate of drug-likeness (QED) is 0.380. The van der Waals surface area contributed by atoms with Crippen molar-refractivity contribution in [3.8, 4) is 0 Å². The molecular weight excluding hydrogens is 262 g/mol. The Hall–Kier alpha value is -2.00. The Balaban J connectivity index is 2.96. The summed E-state index contributed by atoms with van der Waals surface area (Å²) in [5, 5.41) is 14.2. The number of nitrogens with one attached hydrogen (secondary N) is 2. The number of rotatable bonds is 7. The molecule has 0 bridgehead atoms.